The number of nitrogens with one attached hydrogen (secondary N) is 1. The quantitative estimate of drug-likeness (QED) is 0.600. The molecule has 20 heavy (non-hydrogen) atoms. The summed E-state index contributed by atoms with van der Waals surface area (Å²) in [6.45, 7) is 21.1. The molecule has 0 saturated carbocycles. The number of allylic oxidation sites excluding steroid dienone is 7. The van der Waals surface area contributed by atoms with Gasteiger partial charge in [0.1, 0.15) is 0 Å². The highest BCUT2D eigenvalue weighted by molar-refractivity contribution is 5.45. The Hall–Kier alpha value is -1.50. The van der Waals surface area contributed by atoms with Gasteiger partial charge in [0.05, 0.1) is 0 Å². The summed E-state index contributed by atoms with van der Waals surface area (Å²) in [5, 5.41) is 3.20. The lowest BCUT2D eigenvalue weighted by atomic mass is 9.91. The zero-order chi connectivity index (χ0) is 15.9. The van der Waals surface area contributed by atoms with Gasteiger partial charge in [0.25, 0.3) is 0 Å². The fourth-order valence-electron chi connectivity index (χ4n) is 2.11. The van der Waals surface area contributed by atoms with Crippen molar-refractivity contribution in [2.75, 3.05) is 7.05 Å². The maximum Gasteiger partial charge on any atom is 0.0323 e. The summed E-state index contributed by atoms with van der Waals surface area (Å²) in [7, 11) is 1.94. The molecule has 0 aromatic rings. The van der Waals surface area contributed by atoms with E-state index in [1.807, 2.05) is 14.0 Å². The van der Waals surface area contributed by atoms with Crippen molar-refractivity contribution in [2.24, 2.45) is 5.92 Å². The molecule has 0 amide bonds. The van der Waals surface area contributed by atoms with Crippen molar-refractivity contribution in [3.8, 4) is 0 Å². The van der Waals surface area contributed by atoms with Crippen LogP contribution in [0.2, 0.25) is 0 Å². The molecular formula is C19H31N. The van der Waals surface area contributed by atoms with Crippen molar-refractivity contribution in [1.82, 2.24) is 5.32 Å². The lowest BCUT2D eigenvalue weighted by Crippen LogP contribution is -2.12. The minimum atomic E-state index is 0.410. The minimum Gasteiger partial charge on any atom is -0.388 e. The lowest BCUT2D eigenvalue weighted by molar-refractivity contribution is 0.688. The predicted octanol–water partition coefficient (Wildman–Crippen LogP) is 5.55. The summed E-state index contributed by atoms with van der Waals surface area (Å²) >= 11 is 0. The summed E-state index contributed by atoms with van der Waals surface area (Å²) < 4.78 is 0. The molecule has 0 aliphatic rings. The number of rotatable bonds is 7. The molecule has 1 atom stereocenters. The average Bonchev–Trinajstić information content (AvgIpc) is 2.39. The van der Waals surface area contributed by atoms with Crippen LogP contribution in [0.1, 0.15) is 48.0 Å². The molecule has 0 heterocycles. The zero-order valence-corrected chi connectivity index (χ0v) is 14.4. The van der Waals surface area contributed by atoms with Crippen molar-refractivity contribution in [1.29, 1.82) is 0 Å². The second kappa shape index (κ2) is 8.63. The number of hydrogen-bond donors (Lipinski definition) is 1. The van der Waals surface area contributed by atoms with Gasteiger partial charge in [0.15, 0.2) is 0 Å². The van der Waals surface area contributed by atoms with E-state index in [0.717, 1.165) is 23.3 Å². The van der Waals surface area contributed by atoms with Crippen LogP contribution >= 0.6 is 0 Å². The first kappa shape index (κ1) is 18.5. The molecule has 0 aliphatic heterocycles. The number of hydrogen-bond acceptors (Lipinski definition) is 1. The predicted molar refractivity (Wildman–Crippen MR) is 92.7 cm³/mol. The Morgan fingerprint density at radius 1 is 1.15 bits per heavy atom. The summed E-state index contributed by atoms with van der Waals surface area (Å²) in [4.78, 5) is 0. The molecule has 112 valence electrons. The van der Waals surface area contributed by atoms with E-state index < -0.39 is 0 Å². The van der Waals surface area contributed by atoms with Crippen LogP contribution in [0.15, 0.2) is 58.9 Å². The third-order valence-electron chi connectivity index (χ3n) is 3.79. The Morgan fingerprint density at radius 2 is 1.70 bits per heavy atom. The van der Waals surface area contributed by atoms with Crippen molar-refractivity contribution in [3.63, 3.8) is 0 Å². The third-order valence-corrected chi connectivity index (χ3v) is 3.79. The van der Waals surface area contributed by atoms with E-state index in [0.29, 0.717) is 5.92 Å². The molecule has 0 rings (SSSR count). The Labute approximate surface area is 125 Å². The summed E-state index contributed by atoms with van der Waals surface area (Å²) in [6, 6.07) is 0. The molecule has 0 saturated heterocycles. The molecule has 0 spiro atoms. The van der Waals surface area contributed by atoms with Crippen LogP contribution in [0.5, 0.6) is 0 Å². The van der Waals surface area contributed by atoms with Gasteiger partial charge in [-0.2, -0.15) is 0 Å². The van der Waals surface area contributed by atoms with Crippen LogP contribution in [0.3, 0.4) is 0 Å². The smallest absolute Gasteiger partial charge is 0.0323 e. The van der Waals surface area contributed by atoms with Gasteiger partial charge in [-0.1, -0.05) is 43.4 Å². The monoisotopic (exact) mass is 273 g/mol. The van der Waals surface area contributed by atoms with E-state index in [1.54, 1.807) is 0 Å². The van der Waals surface area contributed by atoms with Gasteiger partial charge in [0, 0.05) is 12.7 Å². The largest absolute Gasteiger partial charge is 0.388 e. The van der Waals surface area contributed by atoms with E-state index in [4.69, 9.17) is 0 Å². The van der Waals surface area contributed by atoms with Gasteiger partial charge in [-0.05, 0) is 63.7 Å². The third kappa shape index (κ3) is 5.24. The summed E-state index contributed by atoms with van der Waals surface area (Å²) in [5.41, 5.74) is 7.35. The van der Waals surface area contributed by atoms with Gasteiger partial charge in [-0.15, -0.1) is 0 Å². The lowest BCUT2D eigenvalue weighted by Gasteiger charge is -2.17. The van der Waals surface area contributed by atoms with Crippen LogP contribution in [-0.4, -0.2) is 7.05 Å². The molecule has 1 unspecified atom stereocenters. The van der Waals surface area contributed by atoms with Crippen molar-refractivity contribution in [2.45, 2.75) is 48.0 Å². The first-order chi connectivity index (χ1) is 9.26. The Balaban J connectivity index is 5.12. The second-order valence-electron chi connectivity index (χ2n) is 5.64. The molecule has 0 aromatic carbocycles. The maximum absolute atomic E-state index is 4.20. The fraction of sp³-hybridized carbons (Fsp3) is 0.474. The van der Waals surface area contributed by atoms with Gasteiger partial charge >= 0.3 is 0 Å². The van der Waals surface area contributed by atoms with Crippen molar-refractivity contribution in [3.05, 3.63) is 58.9 Å². The molecular weight excluding hydrogens is 242 g/mol. The second-order valence-corrected chi connectivity index (χ2v) is 5.64. The molecule has 0 fully saturated rings. The van der Waals surface area contributed by atoms with E-state index in [-0.39, 0.29) is 0 Å². The molecule has 1 N–H and O–H groups in total. The molecule has 0 bridgehead atoms. The topological polar surface area (TPSA) is 12.0 Å². The first-order valence-electron chi connectivity index (χ1n) is 7.29. The van der Waals surface area contributed by atoms with Gasteiger partial charge in [-0.3, -0.25) is 0 Å². The summed E-state index contributed by atoms with van der Waals surface area (Å²) in [5.74, 6) is 0.410. The van der Waals surface area contributed by atoms with E-state index in [1.165, 1.54) is 16.7 Å². The Morgan fingerprint density at radius 3 is 2.05 bits per heavy atom. The Bertz CT molecular complexity index is 454. The molecule has 0 aromatic heterocycles. The van der Waals surface area contributed by atoms with E-state index >= 15 is 0 Å². The highest BCUT2D eigenvalue weighted by Crippen LogP contribution is 2.25. The van der Waals surface area contributed by atoms with Crippen LogP contribution in [0.25, 0.3) is 0 Å². The fourth-order valence-corrected chi connectivity index (χ4v) is 2.11. The molecule has 1 nitrogen and oxygen atoms in total. The normalized spacial score (nSPS) is 13.8. The summed E-state index contributed by atoms with van der Waals surface area (Å²) in [6.07, 6.45) is 5.34. The Kier molecular flexibility index (Phi) is 7.98. The zero-order valence-electron chi connectivity index (χ0n) is 14.4. The first-order valence-corrected chi connectivity index (χ1v) is 7.29. The van der Waals surface area contributed by atoms with Crippen LogP contribution < -0.4 is 5.32 Å². The van der Waals surface area contributed by atoms with Crippen LogP contribution in [-0.2, 0) is 0 Å². The van der Waals surface area contributed by atoms with Crippen LogP contribution in [0.4, 0.5) is 0 Å². The van der Waals surface area contributed by atoms with Crippen molar-refractivity contribution < 1.29 is 0 Å². The highest BCUT2D eigenvalue weighted by atomic mass is 14.8. The minimum absolute atomic E-state index is 0.410. The van der Waals surface area contributed by atoms with Gasteiger partial charge < -0.3 is 5.32 Å². The van der Waals surface area contributed by atoms with E-state index in [2.05, 4.69) is 65.2 Å². The SMILES string of the molecule is C=C(C)/C(=C\CC(C)C(=C)/C(=C\C)NC)C(C)=C(C)C. The maximum atomic E-state index is 4.20. The van der Waals surface area contributed by atoms with Gasteiger partial charge in [0.2, 0.25) is 0 Å². The molecule has 0 radical (unpaired) electrons. The van der Waals surface area contributed by atoms with E-state index in [9.17, 15) is 0 Å². The number of likely N-dealkylation sites (N-methyl/N-ethyl adjacent to an activating group) is 1. The highest BCUT2D eigenvalue weighted by Gasteiger charge is 2.10. The standard InChI is InChI=1S/C19H31N/c1-10-19(20-9)17(8)15(6)11-12-18(14(4)5)16(7)13(2)3/h10,12,15,20H,4,8,11H2,1-3,5-7,9H3/b18-12+,19-10+. The van der Waals surface area contributed by atoms with Crippen molar-refractivity contribution >= 4 is 0 Å². The average molecular weight is 273 g/mol. The van der Waals surface area contributed by atoms with Crippen LogP contribution in [0, 0.1) is 5.92 Å². The van der Waals surface area contributed by atoms with Gasteiger partial charge in [-0.25, -0.2) is 0 Å². The molecule has 1 heteroatoms. The molecule has 0 aliphatic carbocycles.